The van der Waals surface area contributed by atoms with E-state index < -0.39 is 10.7 Å². The molecule has 1 N–H and O–H groups in total. The smallest absolute Gasteiger partial charge is 0.279 e. The van der Waals surface area contributed by atoms with Crippen LogP contribution >= 0.6 is 0 Å². The first-order valence-corrected chi connectivity index (χ1v) is 11.7. The number of quaternary nitrogens is 1. The number of hydrogen-bond donors (Lipinski definition) is 1. The molecule has 0 radical (unpaired) electrons. The number of amides is 1. The van der Waals surface area contributed by atoms with Crippen molar-refractivity contribution in [1.29, 1.82) is 0 Å². The largest absolute Gasteiger partial charge is 0.632 e. The normalized spacial score (nSPS) is 19.4. The van der Waals surface area contributed by atoms with Gasteiger partial charge in [-0.1, -0.05) is 115 Å². The van der Waals surface area contributed by atoms with Gasteiger partial charge in [0.15, 0.2) is 6.04 Å². The van der Waals surface area contributed by atoms with E-state index in [1.807, 2.05) is 115 Å². The molecule has 4 aromatic carbocycles. The van der Waals surface area contributed by atoms with Crippen LogP contribution in [0, 0.1) is 5.21 Å². The fourth-order valence-electron chi connectivity index (χ4n) is 4.94. The van der Waals surface area contributed by atoms with Crippen molar-refractivity contribution in [2.45, 2.75) is 31.6 Å². The maximum Gasteiger partial charge on any atom is 0.279 e. The van der Waals surface area contributed by atoms with Crippen LogP contribution in [0.2, 0.25) is 0 Å². The molecule has 0 unspecified atom stereocenters. The van der Waals surface area contributed by atoms with Crippen molar-refractivity contribution in [2.75, 3.05) is 0 Å². The van der Waals surface area contributed by atoms with Crippen molar-refractivity contribution >= 4 is 5.91 Å². The van der Waals surface area contributed by atoms with Crippen LogP contribution in [0.15, 0.2) is 115 Å². The number of nitrogens with zero attached hydrogens (tertiary/aromatic N) is 1. The van der Waals surface area contributed by atoms with Gasteiger partial charge < -0.3 is 15.2 Å². The summed E-state index contributed by atoms with van der Waals surface area (Å²) < 4.78 is -0.594. The molecule has 170 valence electrons. The predicted molar refractivity (Wildman–Crippen MR) is 134 cm³/mol. The highest BCUT2D eigenvalue weighted by molar-refractivity contribution is 5.82. The molecule has 0 spiro atoms. The van der Waals surface area contributed by atoms with Crippen molar-refractivity contribution in [3.05, 3.63) is 148 Å². The second kappa shape index (κ2) is 9.64. The number of hydrogen-bond acceptors (Lipinski definition) is 2. The Balaban J connectivity index is 1.49. The molecule has 2 atom stereocenters. The maximum atomic E-state index is 14.4. The lowest BCUT2D eigenvalue weighted by atomic mass is 9.91. The Bertz CT molecular complexity index is 1210. The number of hydroxylamine groups is 3. The summed E-state index contributed by atoms with van der Waals surface area (Å²) in [6.07, 6.45) is 0.425. The van der Waals surface area contributed by atoms with Crippen molar-refractivity contribution in [3.63, 3.8) is 0 Å². The summed E-state index contributed by atoms with van der Waals surface area (Å²) in [5, 5.41) is 17.6. The SMILES string of the molecule is O=C(NC(c1ccccc1)c1ccccc1)[C@@H]1Cc2ccccc2C[N@@+]1([O-])Cc1ccccc1. The van der Waals surface area contributed by atoms with Crippen LogP contribution in [0.3, 0.4) is 0 Å². The van der Waals surface area contributed by atoms with E-state index in [-0.39, 0.29) is 25.0 Å². The third-order valence-electron chi connectivity index (χ3n) is 6.69. The number of carbonyl (C=O) groups excluding carboxylic acids is 1. The first kappa shape index (κ1) is 22.1. The molecule has 4 aromatic rings. The zero-order valence-corrected chi connectivity index (χ0v) is 19.0. The van der Waals surface area contributed by atoms with Gasteiger partial charge in [-0.25, -0.2) is 0 Å². The lowest BCUT2D eigenvalue weighted by Crippen LogP contribution is -2.59. The molecule has 5 rings (SSSR count). The maximum absolute atomic E-state index is 14.4. The van der Waals surface area contributed by atoms with Crippen LogP contribution in [0.4, 0.5) is 0 Å². The van der Waals surface area contributed by atoms with Crippen LogP contribution < -0.4 is 5.32 Å². The van der Waals surface area contributed by atoms with Gasteiger partial charge in [0.1, 0.15) is 13.1 Å². The molecule has 1 aliphatic rings. The Labute approximate surface area is 200 Å². The summed E-state index contributed by atoms with van der Waals surface area (Å²) in [5.41, 5.74) is 5.03. The molecule has 1 aliphatic heterocycles. The zero-order chi connectivity index (χ0) is 23.4. The van der Waals surface area contributed by atoms with E-state index in [0.717, 1.165) is 27.8 Å². The highest BCUT2D eigenvalue weighted by Gasteiger charge is 2.41. The lowest BCUT2D eigenvalue weighted by molar-refractivity contribution is -0.924. The summed E-state index contributed by atoms with van der Waals surface area (Å²) in [5.74, 6) is -0.210. The standard InChI is InChI=1S/C30H28N2O2/c33-30(31-29(24-14-6-2-7-15-24)25-16-8-3-9-17-25)28-20-26-18-10-11-19-27(26)22-32(28,34)21-23-12-4-1-5-13-23/h1-19,28-29H,20-22H2,(H,31,33)/t28-,32-/m0/s1. The average Bonchev–Trinajstić information content (AvgIpc) is 2.88. The highest BCUT2D eigenvalue weighted by atomic mass is 16.5. The van der Waals surface area contributed by atoms with Gasteiger partial charge in [0.2, 0.25) is 0 Å². The minimum atomic E-state index is -0.731. The van der Waals surface area contributed by atoms with Gasteiger partial charge in [0.25, 0.3) is 5.91 Å². The molecule has 0 saturated carbocycles. The Kier molecular flexibility index (Phi) is 6.26. The Morgan fingerprint density at radius 1 is 0.765 bits per heavy atom. The second-order valence-electron chi connectivity index (χ2n) is 9.01. The number of rotatable bonds is 6. The first-order chi connectivity index (χ1) is 16.6. The second-order valence-corrected chi connectivity index (χ2v) is 9.01. The third-order valence-corrected chi connectivity index (χ3v) is 6.69. The van der Waals surface area contributed by atoms with Gasteiger partial charge in [0, 0.05) is 17.5 Å². The van der Waals surface area contributed by atoms with Gasteiger partial charge >= 0.3 is 0 Å². The van der Waals surface area contributed by atoms with E-state index in [2.05, 4.69) is 5.32 Å². The van der Waals surface area contributed by atoms with E-state index in [9.17, 15) is 10.0 Å². The minimum Gasteiger partial charge on any atom is -0.632 e. The van der Waals surface area contributed by atoms with Crippen LogP contribution in [0.5, 0.6) is 0 Å². The van der Waals surface area contributed by atoms with E-state index >= 15 is 0 Å². The number of carbonyl (C=O) groups is 1. The molecule has 4 nitrogen and oxygen atoms in total. The van der Waals surface area contributed by atoms with Crippen LogP contribution in [-0.2, 0) is 24.3 Å². The molecule has 4 heteroatoms. The molecule has 0 saturated heterocycles. The summed E-state index contributed by atoms with van der Waals surface area (Å²) in [6, 6.07) is 36.5. The van der Waals surface area contributed by atoms with E-state index in [4.69, 9.17) is 0 Å². The van der Waals surface area contributed by atoms with Gasteiger partial charge in [0.05, 0.1) is 6.04 Å². The molecular formula is C30H28N2O2. The molecule has 0 aliphatic carbocycles. The Morgan fingerprint density at radius 3 is 1.85 bits per heavy atom. The Morgan fingerprint density at radius 2 is 1.26 bits per heavy atom. The summed E-state index contributed by atoms with van der Waals surface area (Å²) in [4.78, 5) is 13.8. The first-order valence-electron chi connectivity index (χ1n) is 11.7. The van der Waals surface area contributed by atoms with Gasteiger partial charge in [-0.15, -0.1) is 0 Å². The Hall–Kier alpha value is -3.73. The molecule has 34 heavy (non-hydrogen) atoms. The lowest BCUT2D eigenvalue weighted by Gasteiger charge is -2.51. The van der Waals surface area contributed by atoms with E-state index in [0.29, 0.717) is 6.42 Å². The van der Waals surface area contributed by atoms with Gasteiger partial charge in [-0.2, -0.15) is 0 Å². The summed E-state index contributed by atoms with van der Waals surface area (Å²) in [7, 11) is 0. The molecule has 1 amide bonds. The van der Waals surface area contributed by atoms with Crippen LogP contribution in [0.1, 0.15) is 33.9 Å². The van der Waals surface area contributed by atoms with Crippen molar-refractivity contribution in [2.24, 2.45) is 0 Å². The minimum absolute atomic E-state index is 0.210. The van der Waals surface area contributed by atoms with Crippen molar-refractivity contribution in [1.82, 2.24) is 5.32 Å². The number of benzene rings is 4. The number of nitrogens with one attached hydrogen (secondary N) is 1. The van der Waals surface area contributed by atoms with Crippen LogP contribution in [0.25, 0.3) is 0 Å². The molecular weight excluding hydrogens is 420 g/mol. The van der Waals surface area contributed by atoms with Crippen LogP contribution in [-0.4, -0.2) is 16.6 Å². The summed E-state index contributed by atoms with van der Waals surface area (Å²) >= 11 is 0. The van der Waals surface area contributed by atoms with Gasteiger partial charge in [-0.3, -0.25) is 4.79 Å². The monoisotopic (exact) mass is 448 g/mol. The average molecular weight is 449 g/mol. The molecule has 0 fully saturated rings. The summed E-state index contributed by atoms with van der Waals surface area (Å²) in [6.45, 7) is 0.541. The molecule has 1 heterocycles. The van der Waals surface area contributed by atoms with Gasteiger partial charge in [-0.05, 0) is 16.7 Å². The number of fused-ring (bicyclic) bond motifs is 1. The fourth-order valence-corrected chi connectivity index (χ4v) is 4.94. The van der Waals surface area contributed by atoms with Crippen molar-refractivity contribution < 1.29 is 9.44 Å². The predicted octanol–water partition coefficient (Wildman–Crippen LogP) is 5.53. The molecule has 0 aromatic heterocycles. The van der Waals surface area contributed by atoms with Crippen molar-refractivity contribution in [3.8, 4) is 0 Å². The zero-order valence-electron chi connectivity index (χ0n) is 19.0. The van der Waals surface area contributed by atoms with E-state index in [1.165, 1.54) is 0 Å². The fraction of sp³-hybridized carbons (Fsp3) is 0.167. The molecule has 0 bridgehead atoms. The quantitative estimate of drug-likeness (QED) is 0.311. The van der Waals surface area contributed by atoms with E-state index in [1.54, 1.807) is 0 Å². The third kappa shape index (κ3) is 4.65. The topological polar surface area (TPSA) is 52.2 Å². The highest BCUT2D eigenvalue weighted by Crippen LogP contribution is 2.33.